The van der Waals surface area contributed by atoms with Gasteiger partial charge in [0.1, 0.15) is 0 Å². The Labute approximate surface area is 112 Å². The van der Waals surface area contributed by atoms with Gasteiger partial charge in [0.2, 0.25) is 21.8 Å². The monoisotopic (exact) mass is 284 g/mol. The fourth-order valence-corrected chi connectivity index (χ4v) is 2.11. The Morgan fingerprint density at radius 2 is 1.79 bits per heavy atom. The summed E-state index contributed by atoms with van der Waals surface area (Å²) in [7, 11) is -3.59. The molecule has 2 amide bonds. The lowest BCUT2D eigenvalue weighted by atomic mass is 10.0. The molecular formula is C12H16N2O4S. The number of hydrogen-bond donors (Lipinski definition) is 2. The van der Waals surface area contributed by atoms with Gasteiger partial charge >= 0.3 is 0 Å². The molecular weight excluding hydrogens is 268 g/mol. The van der Waals surface area contributed by atoms with Crippen LogP contribution in [-0.2, 0) is 19.6 Å². The van der Waals surface area contributed by atoms with Gasteiger partial charge in [0, 0.05) is 6.92 Å². The van der Waals surface area contributed by atoms with E-state index >= 15 is 0 Å². The second kappa shape index (κ2) is 6.33. The van der Waals surface area contributed by atoms with E-state index in [9.17, 15) is 18.0 Å². The van der Waals surface area contributed by atoms with Gasteiger partial charge in [-0.1, -0.05) is 30.3 Å². The van der Waals surface area contributed by atoms with Gasteiger partial charge in [-0.15, -0.1) is 0 Å². The van der Waals surface area contributed by atoms with Crippen LogP contribution in [0.1, 0.15) is 24.9 Å². The van der Waals surface area contributed by atoms with Crippen LogP contribution in [0.4, 0.5) is 0 Å². The molecule has 0 aromatic heterocycles. The summed E-state index contributed by atoms with van der Waals surface area (Å²) >= 11 is 0. The zero-order valence-electron chi connectivity index (χ0n) is 10.7. The molecule has 19 heavy (non-hydrogen) atoms. The van der Waals surface area contributed by atoms with Crippen LogP contribution in [0, 0.1) is 0 Å². The van der Waals surface area contributed by atoms with Crippen LogP contribution < -0.4 is 10.0 Å². The van der Waals surface area contributed by atoms with Crippen molar-refractivity contribution in [3.8, 4) is 0 Å². The first-order chi connectivity index (χ1) is 8.78. The van der Waals surface area contributed by atoms with Crippen molar-refractivity contribution in [1.29, 1.82) is 0 Å². The topological polar surface area (TPSA) is 92.3 Å². The predicted octanol–water partition coefficient (Wildman–Crippen LogP) is 0.330. The Kier molecular flexibility index (Phi) is 5.05. The molecule has 0 unspecified atom stereocenters. The molecule has 1 aromatic rings. The normalized spacial score (nSPS) is 12.5. The van der Waals surface area contributed by atoms with Crippen molar-refractivity contribution in [3.63, 3.8) is 0 Å². The summed E-state index contributed by atoms with van der Waals surface area (Å²) in [5.74, 6) is -0.953. The first-order valence-corrected chi connectivity index (χ1v) is 7.50. The smallest absolute Gasteiger partial charge is 0.235 e. The van der Waals surface area contributed by atoms with Gasteiger partial charge in [-0.3, -0.25) is 14.3 Å². The van der Waals surface area contributed by atoms with Gasteiger partial charge < -0.3 is 5.32 Å². The fourth-order valence-electron chi connectivity index (χ4n) is 1.62. The average Bonchev–Trinajstić information content (AvgIpc) is 2.26. The van der Waals surface area contributed by atoms with Gasteiger partial charge in [0.15, 0.2) is 0 Å². The van der Waals surface area contributed by atoms with E-state index in [1.807, 2.05) is 10.8 Å². The molecule has 0 aliphatic carbocycles. The summed E-state index contributed by atoms with van der Waals surface area (Å²) in [6, 6.07) is 8.32. The van der Waals surface area contributed by atoms with Crippen LogP contribution in [0.5, 0.6) is 0 Å². The maximum absolute atomic E-state index is 11.6. The minimum absolute atomic E-state index is 0.142. The Balaban J connectivity index is 2.82. The molecule has 0 bridgehead atoms. The molecule has 0 heterocycles. The third-order valence-corrected chi connectivity index (χ3v) is 2.87. The highest BCUT2D eigenvalue weighted by Crippen LogP contribution is 2.16. The lowest BCUT2D eigenvalue weighted by Gasteiger charge is -2.17. The van der Waals surface area contributed by atoms with E-state index in [1.165, 1.54) is 6.92 Å². The summed E-state index contributed by atoms with van der Waals surface area (Å²) in [6.45, 7) is 1.34. The molecule has 1 atom stereocenters. The van der Waals surface area contributed by atoms with Crippen molar-refractivity contribution in [1.82, 2.24) is 10.0 Å². The van der Waals surface area contributed by atoms with Crippen molar-refractivity contribution < 1.29 is 18.0 Å². The third kappa shape index (κ3) is 6.01. The maximum atomic E-state index is 11.6. The molecule has 0 aliphatic rings. The number of amides is 2. The van der Waals surface area contributed by atoms with E-state index in [0.29, 0.717) is 0 Å². The van der Waals surface area contributed by atoms with Crippen molar-refractivity contribution >= 4 is 21.8 Å². The standard InChI is InChI=1S/C12H16N2O4S/c1-9(15)13-11(10-6-4-3-5-7-10)8-12(16)14-19(2,17)18/h3-7,11H,8H2,1-2H3,(H,13,15)(H,14,16)/t11-/m1/s1. The molecule has 0 saturated carbocycles. The molecule has 0 saturated heterocycles. The SMILES string of the molecule is CC(=O)N[C@H](CC(=O)NS(C)(=O)=O)c1ccccc1. The van der Waals surface area contributed by atoms with Crippen LogP contribution in [0.25, 0.3) is 0 Å². The minimum atomic E-state index is -3.59. The molecule has 1 rings (SSSR count). The highest BCUT2D eigenvalue weighted by Gasteiger charge is 2.18. The van der Waals surface area contributed by atoms with Gasteiger partial charge in [-0.2, -0.15) is 0 Å². The first kappa shape index (κ1) is 15.2. The molecule has 0 fully saturated rings. The van der Waals surface area contributed by atoms with E-state index in [4.69, 9.17) is 0 Å². The molecule has 2 N–H and O–H groups in total. The summed E-state index contributed by atoms with van der Waals surface area (Å²) in [4.78, 5) is 22.7. The second-order valence-electron chi connectivity index (χ2n) is 4.17. The average molecular weight is 284 g/mol. The number of carbonyl (C=O) groups is 2. The predicted molar refractivity (Wildman–Crippen MR) is 70.6 cm³/mol. The zero-order chi connectivity index (χ0) is 14.5. The minimum Gasteiger partial charge on any atom is -0.349 e. The molecule has 1 aromatic carbocycles. The van der Waals surface area contributed by atoms with E-state index in [-0.39, 0.29) is 12.3 Å². The first-order valence-electron chi connectivity index (χ1n) is 5.60. The van der Waals surface area contributed by atoms with Gasteiger partial charge in [-0.05, 0) is 5.56 Å². The number of carbonyl (C=O) groups excluding carboxylic acids is 2. The number of benzene rings is 1. The molecule has 0 radical (unpaired) electrons. The Hall–Kier alpha value is -1.89. The molecule has 0 spiro atoms. The van der Waals surface area contributed by atoms with Gasteiger partial charge in [0.05, 0.1) is 18.7 Å². The van der Waals surface area contributed by atoms with E-state index in [0.717, 1.165) is 11.8 Å². The molecule has 7 heteroatoms. The molecule has 0 aliphatic heterocycles. The summed E-state index contributed by atoms with van der Waals surface area (Å²) < 4.78 is 23.8. The van der Waals surface area contributed by atoms with Crippen LogP contribution >= 0.6 is 0 Å². The van der Waals surface area contributed by atoms with Crippen molar-refractivity contribution in [2.24, 2.45) is 0 Å². The van der Waals surface area contributed by atoms with Gasteiger partial charge in [0.25, 0.3) is 0 Å². The third-order valence-electron chi connectivity index (χ3n) is 2.27. The molecule has 104 valence electrons. The van der Waals surface area contributed by atoms with Crippen LogP contribution in [0.3, 0.4) is 0 Å². The van der Waals surface area contributed by atoms with Crippen LogP contribution in [0.2, 0.25) is 0 Å². The van der Waals surface area contributed by atoms with Crippen LogP contribution in [0.15, 0.2) is 30.3 Å². The fraction of sp³-hybridized carbons (Fsp3) is 0.333. The van der Waals surface area contributed by atoms with E-state index in [2.05, 4.69) is 5.32 Å². The lowest BCUT2D eigenvalue weighted by Crippen LogP contribution is -2.35. The Morgan fingerprint density at radius 3 is 2.26 bits per heavy atom. The molecule has 6 nitrogen and oxygen atoms in total. The maximum Gasteiger partial charge on any atom is 0.235 e. The highest BCUT2D eigenvalue weighted by atomic mass is 32.2. The Morgan fingerprint density at radius 1 is 1.21 bits per heavy atom. The number of nitrogens with one attached hydrogen (secondary N) is 2. The highest BCUT2D eigenvalue weighted by molar-refractivity contribution is 7.89. The Bertz CT molecular complexity index is 554. The number of sulfonamides is 1. The summed E-state index contributed by atoms with van der Waals surface area (Å²) in [5.41, 5.74) is 0.737. The van der Waals surface area contributed by atoms with Crippen molar-refractivity contribution in [2.45, 2.75) is 19.4 Å². The summed E-state index contributed by atoms with van der Waals surface area (Å²) in [6.07, 6.45) is 0.761. The number of hydrogen-bond acceptors (Lipinski definition) is 4. The van der Waals surface area contributed by atoms with Crippen molar-refractivity contribution in [3.05, 3.63) is 35.9 Å². The van der Waals surface area contributed by atoms with Crippen molar-refractivity contribution in [2.75, 3.05) is 6.26 Å². The lowest BCUT2D eigenvalue weighted by molar-refractivity contribution is -0.121. The number of rotatable bonds is 5. The van der Waals surface area contributed by atoms with E-state index < -0.39 is 22.0 Å². The summed E-state index contributed by atoms with van der Waals surface area (Å²) in [5, 5.41) is 2.62. The second-order valence-corrected chi connectivity index (χ2v) is 5.91. The quantitative estimate of drug-likeness (QED) is 0.815. The van der Waals surface area contributed by atoms with E-state index in [1.54, 1.807) is 24.3 Å². The zero-order valence-corrected chi connectivity index (χ0v) is 11.5. The largest absolute Gasteiger partial charge is 0.349 e. The van der Waals surface area contributed by atoms with Gasteiger partial charge in [-0.25, -0.2) is 8.42 Å². The van der Waals surface area contributed by atoms with Crippen LogP contribution in [-0.4, -0.2) is 26.5 Å².